The molecule has 0 fully saturated rings. The Labute approximate surface area is 175 Å². The average Bonchev–Trinajstić information content (AvgIpc) is 2.60. The molecule has 0 saturated heterocycles. The van der Waals surface area contributed by atoms with E-state index in [0.717, 1.165) is 30.2 Å². The number of nitrogens with one attached hydrogen (secondary N) is 2. The number of pyridine rings is 1. The molecule has 5 nitrogen and oxygen atoms in total. The van der Waals surface area contributed by atoms with Gasteiger partial charge in [0.2, 0.25) is 0 Å². The number of ether oxygens (including phenoxy) is 1. The van der Waals surface area contributed by atoms with Gasteiger partial charge < -0.3 is 15.4 Å². The zero-order valence-corrected chi connectivity index (χ0v) is 17.7. The summed E-state index contributed by atoms with van der Waals surface area (Å²) in [6, 6.07) is 11.0. The maximum atomic E-state index is 5.83. The third-order valence-corrected chi connectivity index (χ3v) is 3.67. The van der Waals surface area contributed by atoms with Crippen molar-refractivity contribution in [1.29, 1.82) is 0 Å². The lowest BCUT2D eigenvalue weighted by Crippen LogP contribution is -2.40. The molecule has 0 aliphatic rings. The number of benzene rings is 1. The quantitative estimate of drug-likeness (QED) is 0.202. The molecule has 8 heteroatoms. The van der Waals surface area contributed by atoms with Crippen LogP contribution < -0.4 is 15.4 Å². The monoisotopic (exact) mass is 494 g/mol. The van der Waals surface area contributed by atoms with Gasteiger partial charge >= 0.3 is 0 Å². The molecule has 0 atom stereocenters. The summed E-state index contributed by atoms with van der Waals surface area (Å²) in [7, 11) is 1.74. The number of hydrogen-bond acceptors (Lipinski definition) is 3. The van der Waals surface area contributed by atoms with Gasteiger partial charge in [0, 0.05) is 24.8 Å². The van der Waals surface area contributed by atoms with Gasteiger partial charge in [0.25, 0.3) is 0 Å². The molecule has 2 aromatic rings. The maximum Gasteiger partial charge on any atom is 0.191 e. The van der Waals surface area contributed by atoms with E-state index in [1.165, 1.54) is 0 Å². The summed E-state index contributed by atoms with van der Waals surface area (Å²) >= 11 is 11.6. The third-order valence-electron chi connectivity index (χ3n) is 3.20. The van der Waals surface area contributed by atoms with Gasteiger partial charge in [0.05, 0.1) is 6.54 Å². The van der Waals surface area contributed by atoms with Crippen molar-refractivity contribution in [1.82, 2.24) is 15.6 Å². The van der Waals surface area contributed by atoms with Crippen molar-refractivity contribution in [2.24, 2.45) is 4.99 Å². The van der Waals surface area contributed by atoms with Crippen LogP contribution in [0, 0.1) is 0 Å². The molecular weight excluding hydrogens is 474 g/mol. The van der Waals surface area contributed by atoms with Crippen LogP contribution in [0.15, 0.2) is 47.6 Å². The normalized spacial score (nSPS) is 10.8. The predicted octanol–water partition coefficient (Wildman–Crippen LogP) is 3.79. The predicted molar refractivity (Wildman–Crippen MR) is 115 cm³/mol. The van der Waals surface area contributed by atoms with E-state index in [1.54, 1.807) is 31.4 Å². The fourth-order valence-electron chi connectivity index (χ4n) is 1.97. The fourth-order valence-corrected chi connectivity index (χ4v) is 2.21. The standard InChI is InChI=1S/C17H20Cl2N4O.HI/c1-20-17(21-9-8-13-2-7-16(19)23-12-13)22-10-11-24-15-5-3-14(18)4-6-15;/h2-7,12H,8-11H2,1H3,(H2,20,21,22);1H. The topological polar surface area (TPSA) is 58.5 Å². The molecule has 1 heterocycles. The van der Waals surface area contributed by atoms with E-state index in [-0.39, 0.29) is 24.0 Å². The highest BCUT2D eigenvalue weighted by molar-refractivity contribution is 14.0. The van der Waals surface area contributed by atoms with Crippen LogP contribution in [0.2, 0.25) is 10.2 Å². The van der Waals surface area contributed by atoms with Crippen molar-refractivity contribution in [3.8, 4) is 5.75 Å². The summed E-state index contributed by atoms with van der Waals surface area (Å²) in [5, 5.41) is 7.64. The summed E-state index contributed by atoms with van der Waals surface area (Å²) in [5.41, 5.74) is 1.12. The Kier molecular flexibility index (Phi) is 10.6. The second kappa shape index (κ2) is 12.2. The Morgan fingerprint density at radius 2 is 1.80 bits per heavy atom. The third kappa shape index (κ3) is 8.60. The highest BCUT2D eigenvalue weighted by atomic mass is 127. The van der Waals surface area contributed by atoms with Crippen molar-refractivity contribution >= 4 is 53.1 Å². The van der Waals surface area contributed by atoms with Crippen LogP contribution in [-0.4, -0.2) is 37.7 Å². The van der Waals surface area contributed by atoms with Gasteiger partial charge in [0.15, 0.2) is 5.96 Å². The van der Waals surface area contributed by atoms with Gasteiger partial charge in [-0.2, -0.15) is 0 Å². The lowest BCUT2D eigenvalue weighted by atomic mass is 10.2. The van der Waals surface area contributed by atoms with Crippen molar-refractivity contribution in [2.75, 3.05) is 26.7 Å². The van der Waals surface area contributed by atoms with Crippen LogP contribution in [0.25, 0.3) is 0 Å². The first-order chi connectivity index (χ1) is 11.7. The Morgan fingerprint density at radius 1 is 1.08 bits per heavy atom. The van der Waals surface area contributed by atoms with E-state index in [2.05, 4.69) is 20.6 Å². The SMILES string of the molecule is CN=C(NCCOc1ccc(Cl)cc1)NCCc1ccc(Cl)nc1.I. The first kappa shape index (κ1) is 21.8. The Bertz CT molecular complexity index is 651. The van der Waals surface area contributed by atoms with Crippen LogP contribution >= 0.6 is 47.2 Å². The van der Waals surface area contributed by atoms with Crippen LogP contribution in [0.3, 0.4) is 0 Å². The second-order valence-electron chi connectivity index (χ2n) is 4.97. The van der Waals surface area contributed by atoms with E-state index in [0.29, 0.717) is 23.3 Å². The number of halogens is 3. The van der Waals surface area contributed by atoms with E-state index < -0.39 is 0 Å². The minimum atomic E-state index is 0. The molecule has 0 saturated carbocycles. The zero-order chi connectivity index (χ0) is 17.2. The number of guanidine groups is 1. The molecule has 1 aromatic carbocycles. The number of aromatic nitrogens is 1. The maximum absolute atomic E-state index is 5.83. The summed E-state index contributed by atoms with van der Waals surface area (Å²) in [6.07, 6.45) is 2.62. The van der Waals surface area contributed by atoms with Crippen molar-refractivity contribution in [3.05, 3.63) is 58.3 Å². The molecule has 0 unspecified atom stereocenters. The number of rotatable bonds is 7. The summed E-state index contributed by atoms with van der Waals surface area (Å²) in [5.74, 6) is 1.52. The molecule has 0 aliphatic heterocycles. The molecule has 136 valence electrons. The minimum absolute atomic E-state index is 0. The van der Waals surface area contributed by atoms with Gasteiger partial charge in [0.1, 0.15) is 17.5 Å². The fraction of sp³-hybridized carbons (Fsp3) is 0.294. The minimum Gasteiger partial charge on any atom is -0.492 e. The van der Waals surface area contributed by atoms with Crippen molar-refractivity contribution in [3.63, 3.8) is 0 Å². The summed E-state index contributed by atoms with van der Waals surface area (Å²) in [6.45, 7) is 1.93. The summed E-state index contributed by atoms with van der Waals surface area (Å²) < 4.78 is 5.62. The van der Waals surface area contributed by atoms with Crippen LogP contribution in [0.5, 0.6) is 5.75 Å². The smallest absolute Gasteiger partial charge is 0.191 e. The second-order valence-corrected chi connectivity index (χ2v) is 5.79. The largest absolute Gasteiger partial charge is 0.492 e. The van der Waals surface area contributed by atoms with Crippen molar-refractivity contribution in [2.45, 2.75) is 6.42 Å². The number of aliphatic imine (C=N–C) groups is 1. The molecule has 2 N–H and O–H groups in total. The molecular formula is C17H21Cl2IN4O. The first-order valence-corrected chi connectivity index (χ1v) is 8.36. The van der Waals surface area contributed by atoms with E-state index in [9.17, 15) is 0 Å². The van der Waals surface area contributed by atoms with E-state index in [4.69, 9.17) is 27.9 Å². The lowest BCUT2D eigenvalue weighted by Gasteiger charge is -2.12. The van der Waals surface area contributed by atoms with Gasteiger partial charge in [-0.05, 0) is 42.3 Å². The number of hydrogen-bond donors (Lipinski definition) is 2. The molecule has 0 bridgehead atoms. The van der Waals surface area contributed by atoms with Crippen LogP contribution in [0.1, 0.15) is 5.56 Å². The van der Waals surface area contributed by atoms with Gasteiger partial charge in [-0.3, -0.25) is 4.99 Å². The molecule has 0 radical (unpaired) electrons. The molecule has 1 aromatic heterocycles. The van der Waals surface area contributed by atoms with Crippen LogP contribution in [0.4, 0.5) is 0 Å². The van der Waals surface area contributed by atoms with Gasteiger partial charge in [-0.15, -0.1) is 24.0 Å². The van der Waals surface area contributed by atoms with E-state index >= 15 is 0 Å². The molecule has 2 rings (SSSR count). The average molecular weight is 495 g/mol. The molecule has 25 heavy (non-hydrogen) atoms. The Balaban J connectivity index is 0.00000312. The van der Waals surface area contributed by atoms with Crippen LogP contribution in [-0.2, 0) is 6.42 Å². The van der Waals surface area contributed by atoms with Crippen molar-refractivity contribution < 1.29 is 4.74 Å². The van der Waals surface area contributed by atoms with E-state index in [1.807, 2.05) is 18.2 Å². The molecule has 0 aliphatic carbocycles. The number of nitrogens with zero attached hydrogens (tertiary/aromatic N) is 2. The highest BCUT2D eigenvalue weighted by Gasteiger charge is 1.99. The Hall–Kier alpha value is -1.25. The van der Waals surface area contributed by atoms with Gasteiger partial charge in [-0.25, -0.2) is 4.98 Å². The first-order valence-electron chi connectivity index (χ1n) is 7.60. The highest BCUT2D eigenvalue weighted by Crippen LogP contribution is 2.15. The van der Waals surface area contributed by atoms with Gasteiger partial charge in [-0.1, -0.05) is 29.3 Å². The zero-order valence-electron chi connectivity index (χ0n) is 13.8. The Morgan fingerprint density at radius 3 is 2.44 bits per heavy atom. The lowest BCUT2D eigenvalue weighted by molar-refractivity contribution is 0.322. The molecule has 0 amide bonds. The molecule has 0 spiro atoms. The summed E-state index contributed by atoms with van der Waals surface area (Å²) in [4.78, 5) is 8.23.